The van der Waals surface area contributed by atoms with Crippen molar-refractivity contribution < 1.29 is 14.2 Å². The predicted octanol–water partition coefficient (Wildman–Crippen LogP) is -0.0587. The Morgan fingerprint density at radius 2 is 2.09 bits per heavy atom. The number of rotatable bonds is 2. The van der Waals surface area contributed by atoms with Gasteiger partial charge in [0, 0.05) is 20.8 Å². The van der Waals surface area contributed by atoms with Gasteiger partial charge in [-0.25, -0.2) is 0 Å². The Balaban J connectivity index is 2.61. The summed E-state index contributed by atoms with van der Waals surface area (Å²) in [6.07, 6.45) is 0. The number of hydrogen-bond donors (Lipinski definition) is 1. The zero-order valence-electron chi connectivity index (χ0n) is 7.22. The van der Waals surface area contributed by atoms with Gasteiger partial charge in [-0.3, -0.25) is 0 Å². The second kappa shape index (κ2) is 3.49. The summed E-state index contributed by atoms with van der Waals surface area (Å²) in [5, 5.41) is 3.20. The van der Waals surface area contributed by atoms with E-state index in [2.05, 4.69) is 5.32 Å². The molecule has 1 aliphatic rings. The number of methoxy groups -OCH3 is 2. The van der Waals surface area contributed by atoms with Gasteiger partial charge in [0.25, 0.3) is 5.97 Å². The van der Waals surface area contributed by atoms with Gasteiger partial charge >= 0.3 is 0 Å². The minimum Gasteiger partial charge on any atom is -0.330 e. The molecule has 1 saturated heterocycles. The summed E-state index contributed by atoms with van der Waals surface area (Å²) in [6, 6.07) is 0.0613. The van der Waals surface area contributed by atoms with Crippen molar-refractivity contribution in [2.24, 2.45) is 0 Å². The summed E-state index contributed by atoms with van der Waals surface area (Å²) in [5.41, 5.74) is 0. The van der Waals surface area contributed by atoms with Gasteiger partial charge < -0.3 is 19.5 Å². The highest BCUT2D eigenvalue weighted by atomic mass is 16.9. The minimum absolute atomic E-state index is 0.0613. The number of hydrogen-bond acceptors (Lipinski definition) is 4. The number of ether oxygens (including phenoxy) is 3. The molecule has 4 nitrogen and oxygen atoms in total. The first kappa shape index (κ1) is 8.93. The van der Waals surface area contributed by atoms with E-state index in [1.165, 1.54) is 0 Å². The molecule has 66 valence electrons. The second-order valence-electron chi connectivity index (χ2n) is 2.54. The third-order valence-electron chi connectivity index (χ3n) is 1.96. The molecule has 0 amide bonds. The molecule has 11 heavy (non-hydrogen) atoms. The summed E-state index contributed by atoms with van der Waals surface area (Å²) in [5.74, 6) is -0.891. The Hall–Kier alpha value is -0.160. The van der Waals surface area contributed by atoms with Crippen LogP contribution in [-0.2, 0) is 14.2 Å². The fourth-order valence-corrected chi connectivity index (χ4v) is 1.27. The van der Waals surface area contributed by atoms with E-state index in [1.54, 1.807) is 14.2 Å². The largest absolute Gasteiger partial charge is 0.330 e. The lowest BCUT2D eigenvalue weighted by Crippen LogP contribution is -2.58. The molecule has 0 aliphatic carbocycles. The molecule has 1 heterocycles. The topological polar surface area (TPSA) is 39.7 Å². The Bertz CT molecular complexity index is 125. The van der Waals surface area contributed by atoms with Crippen molar-refractivity contribution in [1.29, 1.82) is 0 Å². The predicted molar refractivity (Wildman–Crippen MR) is 40.2 cm³/mol. The van der Waals surface area contributed by atoms with Crippen molar-refractivity contribution in [1.82, 2.24) is 5.32 Å². The van der Waals surface area contributed by atoms with Gasteiger partial charge in [-0.05, 0) is 6.92 Å². The van der Waals surface area contributed by atoms with E-state index in [-0.39, 0.29) is 6.04 Å². The molecule has 0 radical (unpaired) electrons. The Morgan fingerprint density at radius 3 is 2.45 bits per heavy atom. The maximum absolute atomic E-state index is 5.37. The standard InChI is InChI=1S/C7H15NO3/c1-6-7(9-2,10-3)11-5-4-8-6/h6,8H,4-5H2,1-3H3. The van der Waals surface area contributed by atoms with Crippen LogP contribution in [0.4, 0.5) is 0 Å². The van der Waals surface area contributed by atoms with E-state index >= 15 is 0 Å². The maximum Gasteiger partial charge on any atom is 0.298 e. The quantitative estimate of drug-likeness (QED) is 0.576. The molecule has 0 saturated carbocycles. The van der Waals surface area contributed by atoms with Crippen molar-refractivity contribution in [3.63, 3.8) is 0 Å². The van der Waals surface area contributed by atoms with Gasteiger partial charge in [0.2, 0.25) is 0 Å². The van der Waals surface area contributed by atoms with Crippen LogP contribution in [0, 0.1) is 0 Å². The fourth-order valence-electron chi connectivity index (χ4n) is 1.27. The van der Waals surface area contributed by atoms with Crippen molar-refractivity contribution >= 4 is 0 Å². The van der Waals surface area contributed by atoms with E-state index in [9.17, 15) is 0 Å². The van der Waals surface area contributed by atoms with Crippen LogP contribution in [-0.4, -0.2) is 39.4 Å². The molecule has 1 rings (SSSR count). The molecule has 1 aliphatic heterocycles. The van der Waals surface area contributed by atoms with Gasteiger partial charge in [-0.1, -0.05) is 0 Å². The zero-order chi connectivity index (χ0) is 8.32. The smallest absolute Gasteiger partial charge is 0.298 e. The van der Waals surface area contributed by atoms with Gasteiger partial charge in [-0.2, -0.15) is 0 Å². The molecule has 0 spiro atoms. The minimum atomic E-state index is -0.891. The molecule has 1 unspecified atom stereocenters. The second-order valence-corrected chi connectivity index (χ2v) is 2.54. The lowest BCUT2D eigenvalue weighted by atomic mass is 10.2. The summed E-state index contributed by atoms with van der Waals surface area (Å²) in [7, 11) is 3.15. The highest BCUT2D eigenvalue weighted by Crippen LogP contribution is 2.20. The van der Waals surface area contributed by atoms with Crippen LogP contribution >= 0.6 is 0 Å². The SMILES string of the molecule is COC1(OC)OCCNC1C. The maximum atomic E-state index is 5.37. The summed E-state index contributed by atoms with van der Waals surface area (Å²) in [4.78, 5) is 0. The van der Waals surface area contributed by atoms with E-state index in [1.807, 2.05) is 6.92 Å². The Labute approximate surface area is 66.8 Å². The highest BCUT2D eigenvalue weighted by molar-refractivity contribution is 4.76. The van der Waals surface area contributed by atoms with Gasteiger partial charge in [-0.15, -0.1) is 0 Å². The molecule has 0 bridgehead atoms. The first-order chi connectivity index (χ1) is 5.25. The zero-order valence-corrected chi connectivity index (χ0v) is 7.22. The van der Waals surface area contributed by atoms with Crippen LogP contribution in [0.1, 0.15) is 6.92 Å². The third-order valence-corrected chi connectivity index (χ3v) is 1.96. The van der Waals surface area contributed by atoms with Crippen LogP contribution < -0.4 is 5.32 Å². The van der Waals surface area contributed by atoms with Crippen LogP contribution in [0.2, 0.25) is 0 Å². The first-order valence-electron chi connectivity index (χ1n) is 3.73. The number of morpholine rings is 1. The molecule has 0 aromatic heterocycles. The van der Waals surface area contributed by atoms with Crippen molar-refractivity contribution in [2.75, 3.05) is 27.4 Å². The van der Waals surface area contributed by atoms with E-state index in [0.29, 0.717) is 6.61 Å². The molecular formula is C7H15NO3. The molecule has 1 N–H and O–H groups in total. The van der Waals surface area contributed by atoms with E-state index in [0.717, 1.165) is 6.54 Å². The van der Waals surface area contributed by atoms with Crippen molar-refractivity contribution in [2.45, 2.75) is 18.9 Å². The molecule has 1 fully saturated rings. The van der Waals surface area contributed by atoms with Crippen LogP contribution in [0.15, 0.2) is 0 Å². The van der Waals surface area contributed by atoms with Gasteiger partial charge in [0.1, 0.15) is 0 Å². The lowest BCUT2D eigenvalue weighted by Gasteiger charge is -2.39. The molecule has 4 heteroatoms. The number of nitrogens with one attached hydrogen (secondary N) is 1. The average molecular weight is 161 g/mol. The monoisotopic (exact) mass is 161 g/mol. The van der Waals surface area contributed by atoms with E-state index < -0.39 is 5.97 Å². The molecule has 1 atom stereocenters. The van der Waals surface area contributed by atoms with Crippen LogP contribution in [0.25, 0.3) is 0 Å². The summed E-state index contributed by atoms with van der Waals surface area (Å²) >= 11 is 0. The average Bonchev–Trinajstić information content (AvgIpc) is 2.06. The molecular weight excluding hydrogens is 146 g/mol. The fraction of sp³-hybridized carbons (Fsp3) is 1.00. The third kappa shape index (κ3) is 1.54. The highest BCUT2D eigenvalue weighted by Gasteiger charge is 2.40. The van der Waals surface area contributed by atoms with E-state index in [4.69, 9.17) is 14.2 Å². The van der Waals surface area contributed by atoms with Crippen molar-refractivity contribution in [3.8, 4) is 0 Å². The molecule has 0 aromatic rings. The summed E-state index contributed by atoms with van der Waals surface area (Å²) < 4.78 is 15.6. The normalized spacial score (nSPS) is 30.3. The molecule has 0 aromatic carbocycles. The van der Waals surface area contributed by atoms with Crippen molar-refractivity contribution in [3.05, 3.63) is 0 Å². The van der Waals surface area contributed by atoms with Crippen LogP contribution in [0.3, 0.4) is 0 Å². The summed E-state index contributed by atoms with van der Waals surface area (Å²) in [6.45, 7) is 3.42. The van der Waals surface area contributed by atoms with Gasteiger partial charge in [0.05, 0.1) is 12.6 Å². The lowest BCUT2D eigenvalue weighted by molar-refractivity contribution is -0.383. The van der Waals surface area contributed by atoms with Gasteiger partial charge in [0.15, 0.2) is 0 Å². The van der Waals surface area contributed by atoms with Crippen LogP contribution in [0.5, 0.6) is 0 Å². The Morgan fingerprint density at radius 1 is 1.45 bits per heavy atom. The first-order valence-corrected chi connectivity index (χ1v) is 3.73. The Kier molecular flexibility index (Phi) is 2.84.